The van der Waals surface area contributed by atoms with E-state index < -0.39 is 0 Å². The molecule has 8 nitrogen and oxygen atoms in total. The van der Waals surface area contributed by atoms with Gasteiger partial charge in [0.15, 0.2) is 5.82 Å². The molecule has 0 spiro atoms. The summed E-state index contributed by atoms with van der Waals surface area (Å²) in [5, 5.41) is 15.2. The van der Waals surface area contributed by atoms with E-state index in [1.807, 2.05) is 0 Å². The summed E-state index contributed by atoms with van der Waals surface area (Å²) in [6, 6.07) is 1.71. The number of aryl methyl sites for hydroxylation is 1. The van der Waals surface area contributed by atoms with Gasteiger partial charge in [0.25, 0.3) is 0 Å². The molecule has 0 atom stereocenters. The fraction of sp³-hybridized carbons (Fsp3) is 0.600. The van der Waals surface area contributed by atoms with E-state index in [2.05, 4.69) is 30.1 Å². The van der Waals surface area contributed by atoms with E-state index in [4.69, 9.17) is 4.52 Å². The second kappa shape index (κ2) is 5.77. The van der Waals surface area contributed by atoms with Crippen molar-refractivity contribution >= 4 is 11.7 Å². The Kier molecular flexibility index (Phi) is 3.60. The smallest absolute Gasteiger partial charge is 0.226 e. The maximum Gasteiger partial charge on any atom is 0.226 e. The number of aromatic nitrogens is 4. The number of rotatable bonds is 5. The molecular weight excluding hydrogens is 296 g/mol. The monoisotopic (exact) mass is 316 g/mol. The fourth-order valence-electron chi connectivity index (χ4n) is 2.95. The van der Waals surface area contributed by atoms with Gasteiger partial charge in [-0.3, -0.25) is 9.69 Å². The molecule has 1 N–H and O–H groups in total. The minimum atomic E-state index is -0.0518. The van der Waals surface area contributed by atoms with Crippen LogP contribution in [-0.2, 0) is 17.9 Å². The molecule has 2 aromatic rings. The summed E-state index contributed by atoms with van der Waals surface area (Å²) in [6.45, 7) is 5.10. The van der Waals surface area contributed by atoms with Gasteiger partial charge in [-0.2, -0.15) is 0 Å². The zero-order valence-electron chi connectivity index (χ0n) is 13.2. The minimum absolute atomic E-state index is 0.0518. The Balaban J connectivity index is 1.29. The summed E-state index contributed by atoms with van der Waals surface area (Å²) in [5.74, 6) is 3.90. The van der Waals surface area contributed by atoms with Gasteiger partial charge in [-0.15, -0.1) is 10.2 Å². The molecule has 4 rings (SSSR count). The summed E-state index contributed by atoms with van der Waals surface area (Å²) in [4.78, 5) is 14.2. The first-order valence-corrected chi connectivity index (χ1v) is 8.06. The number of carbonyl (C=O) groups excluding carboxylic acids is 1. The largest absolute Gasteiger partial charge is 0.360 e. The molecule has 1 amide bonds. The molecule has 23 heavy (non-hydrogen) atoms. The van der Waals surface area contributed by atoms with Gasteiger partial charge in [-0.25, -0.2) is 0 Å². The van der Waals surface area contributed by atoms with E-state index in [9.17, 15) is 4.79 Å². The van der Waals surface area contributed by atoms with Crippen molar-refractivity contribution in [2.24, 2.45) is 0 Å². The van der Waals surface area contributed by atoms with Crippen LogP contribution in [0.1, 0.15) is 42.6 Å². The van der Waals surface area contributed by atoms with Gasteiger partial charge >= 0.3 is 0 Å². The Bertz CT molecular complexity index is 717. The summed E-state index contributed by atoms with van der Waals surface area (Å²) in [6.07, 6.45) is 2.91. The molecule has 2 aliphatic rings. The Morgan fingerprint density at radius 2 is 2.26 bits per heavy atom. The number of fused-ring (bicyclic) bond motifs is 1. The lowest BCUT2D eigenvalue weighted by Gasteiger charge is -2.27. The van der Waals surface area contributed by atoms with Gasteiger partial charge in [0.1, 0.15) is 17.4 Å². The van der Waals surface area contributed by atoms with E-state index in [0.717, 1.165) is 31.3 Å². The van der Waals surface area contributed by atoms with Gasteiger partial charge in [0.2, 0.25) is 5.91 Å². The van der Waals surface area contributed by atoms with Crippen LogP contribution in [0.5, 0.6) is 0 Å². The van der Waals surface area contributed by atoms with Crippen LogP contribution >= 0.6 is 0 Å². The van der Waals surface area contributed by atoms with Crippen LogP contribution in [0, 0.1) is 6.92 Å². The van der Waals surface area contributed by atoms with Gasteiger partial charge in [-0.1, -0.05) is 5.16 Å². The van der Waals surface area contributed by atoms with Crippen LogP contribution in [0.3, 0.4) is 0 Å². The zero-order chi connectivity index (χ0) is 15.8. The van der Waals surface area contributed by atoms with Crippen molar-refractivity contribution in [2.45, 2.75) is 45.2 Å². The first kappa shape index (κ1) is 14.4. The predicted octanol–water partition coefficient (Wildman–Crippen LogP) is 1.30. The first-order valence-electron chi connectivity index (χ1n) is 8.06. The number of nitrogens with one attached hydrogen (secondary N) is 1. The normalized spacial score (nSPS) is 18.0. The first-order chi connectivity index (χ1) is 11.2. The van der Waals surface area contributed by atoms with Crippen molar-refractivity contribution in [3.63, 3.8) is 0 Å². The number of anilines is 1. The predicted molar refractivity (Wildman–Crippen MR) is 81.8 cm³/mol. The molecule has 2 aromatic heterocycles. The molecule has 8 heteroatoms. The molecule has 1 fully saturated rings. The van der Waals surface area contributed by atoms with Gasteiger partial charge < -0.3 is 14.4 Å². The van der Waals surface area contributed by atoms with Gasteiger partial charge in [0, 0.05) is 38.0 Å². The average Bonchev–Trinajstić information content (AvgIpc) is 3.17. The lowest BCUT2D eigenvalue weighted by Crippen LogP contribution is -2.36. The topological polar surface area (TPSA) is 89.1 Å². The van der Waals surface area contributed by atoms with Crippen LogP contribution < -0.4 is 5.32 Å². The Labute approximate surface area is 133 Å². The molecule has 0 unspecified atom stereocenters. The average molecular weight is 316 g/mol. The third kappa shape index (κ3) is 3.12. The lowest BCUT2D eigenvalue weighted by molar-refractivity contribution is -0.116. The number of amides is 1. The molecule has 1 saturated carbocycles. The van der Waals surface area contributed by atoms with Crippen molar-refractivity contribution in [3.8, 4) is 0 Å². The molecule has 1 aliphatic heterocycles. The Morgan fingerprint density at radius 3 is 3.00 bits per heavy atom. The number of hydrogen-bond donors (Lipinski definition) is 1. The van der Waals surface area contributed by atoms with Crippen LogP contribution in [0.2, 0.25) is 0 Å². The Morgan fingerprint density at radius 1 is 1.39 bits per heavy atom. The van der Waals surface area contributed by atoms with E-state index >= 15 is 0 Å². The maximum atomic E-state index is 12.0. The summed E-state index contributed by atoms with van der Waals surface area (Å²) >= 11 is 0. The highest BCUT2D eigenvalue weighted by atomic mass is 16.5. The molecule has 1 aliphatic carbocycles. The molecule has 0 saturated heterocycles. The standard InChI is InChI=1S/C15H20N6O2/c1-10-8-12(19-23-10)16-14(22)4-5-20-6-7-21-13(9-20)17-18-15(21)11-2-3-11/h8,11H,2-7,9H2,1H3,(H,16,19,22). The molecular formula is C15H20N6O2. The summed E-state index contributed by atoms with van der Waals surface area (Å²) in [5.41, 5.74) is 0. The fourth-order valence-corrected chi connectivity index (χ4v) is 2.95. The molecule has 0 aromatic carbocycles. The number of nitrogens with zero attached hydrogens (tertiary/aromatic N) is 5. The van der Waals surface area contributed by atoms with Crippen molar-refractivity contribution < 1.29 is 9.32 Å². The van der Waals surface area contributed by atoms with E-state index in [-0.39, 0.29) is 5.91 Å². The van der Waals surface area contributed by atoms with Gasteiger partial charge in [-0.05, 0) is 19.8 Å². The summed E-state index contributed by atoms with van der Waals surface area (Å²) in [7, 11) is 0. The second-order valence-electron chi connectivity index (χ2n) is 6.30. The van der Waals surface area contributed by atoms with Crippen LogP contribution in [-0.4, -0.2) is 43.8 Å². The molecule has 122 valence electrons. The SMILES string of the molecule is Cc1cc(NC(=O)CCN2CCn3c(nnc3C3CC3)C2)no1. The number of hydrogen-bond acceptors (Lipinski definition) is 6. The zero-order valence-corrected chi connectivity index (χ0v) is 13.2. The third-order valence-electron chi connectivity index (χ3n) is 4.35. The van der Waals surface area contributed by atoms with Crippen molar-refractivity contribution in [1.82, 2.24) is 24.8 Å². The highest BCUT2D eigenvalue weighted by molar-refractivity contribution is 5.89. The van der Waals surface area contributed by atoms with Crippen molar-refractivity contribution in [1.29, 1.82) is 0 Å². The van der Waals surface area contributed by atoms with Crippen LogP contribution in [0.4, 0.5) is 5.82 Å². The van der Waals surface area contributed by atoms with E-state index in [0.29, 0.717) is 30.5 Å². The van der Waals surface area contributed by atoms with Crippen molar-refractivity contribution in [3.05, 3.63) is 23.5 Å². The maximum absolute atomic E-state index is 12.0. The van der Waals surface area contributed by atoms with Crippen molar-refractivity contribution in [2.75, 3.05) is 18.4 Å². The highest BCUT2D eigenvalue weighted by Crippen LogP contribution is 2.39. The van der Waals surface area contributed by atoms with Crippen LogP contribution in [0.15, 0.2) is 10.6 Å². The number of carbonyl (C=O) groups is 1. The van der Waals surface area contributed by atoms with E-state index in [1.165, 1.54) is 12.8 Å². The Hall–Kier alpha value is -2.22. The highest BCUT2D eigenvalue weighted by Gasteiger charge is 2.32. The molecule has 3 heterocycles. The van der Waals surface area contributed by atoms with E-state index in [1.54, 1.807) is 13.0 Å². The molecule has 0 bridgehead atoms. The summed E-state index contributed by atoms with van der Waals surface area (Å²) < 4.78 is 7.19. The second-order valence-corrected chi connectivity index (χ2v) is 6.30. The lowest BCUT2D eigenvalue weighted by atomic mass is 10.3. The third-order valence-corrected chi connectivity index (χ3v) is 4.35. The minimum Gasteiger partial charge on any atom is -0.360 e. The molecule has 0 radical (unpaired) electrons. The quantitative estimate of drug-likeness (QED) is 0.894. The van der Waals surface area contributed by atoms with Gasteiger partial charge in [0.05, 0.1) is 6.54 Å². The van der Waals surface area contributed by atoms with Crippen LogP contribution in [0.25, 0.3) is 0 Å².